The number of furan rings is 1. The summed E-state index contributed by atoms with van der Waals surface area (Å²) in [5, 5.41) is 10.6. The van der Waals surface area contributed by atoms with Gasteiger partial charge in [-0.2, -0.15) is 4.98 Å². The highest BCUT2D eigenvalue weighted by Gasteiger charge is 2.25. The first-order valence-electron chi connectivity index (χ1n) is 7.58. The van der Waals surface area contributed by atoms with Crippen LogP contribution in [0.25, 0.3) is 11.7 Å². The van der Waals surface area contributed by atoms with E-state index in [9.17, 15) is 9.59 Å². The van der Waals surface area contributed by atoms with Crippen LogP contribution in [0.3, 0.4) is 0 Å². The molecule has 0 radical (unpaired) electrons. The molecule has 0 aromatic carbocycles. The molecule has 1 fully saturated rings. The largest absolute Gasteiger partial charge is 0.459 e. The molecule has 128 valence electrons. The van der Waals surface area contributed by atoms with Gasteiger partial charge >= 0.3 is 6.01 Å². The minimum Gasteiger partial charge on any atom is -0.459 e. The summed E-state index contributed by atoms with van der Waals surface area (Å²) in [6, 6.07) is 5.15. The zero-order valence-electron chi connectivity index (χ0n) is 12.9. The van der Waals surface area contributed by atoms with Gasteiger partial charge in [-0.1, -0.05) is 16.9 Å². The van der Waals surface area contributed by atoms with E-state index in [-0.39, 0.29) is 29.1 Å². The topological polar surface area (TPSA) is 116 Å². The Balaban J connectivity index is 1.38. The summed E-state index contributed by atoms with van der Waals surface area (Å²) in [6.45, 7) is 0. The van der Waals surface area contributed by atoms with Crippen LogP contribution in [-0.4, -0.2) is 31.4 Å². The van der Waals surface area contributed by atoms with Crippen molar-refractivity contribution in [2.75, 3.05) is 11.1 Å². The molecule has 0 spiro atoms. The van der Waals surface area contributed by atoms with Crippen molar-refractivity contribution in [1.29, 1.82) is 0 Å². The van der Waals surface area contributed by atoms with E-state index in [2.05, 4.69) is 20.5 Å². The van der Waals surface area contributed by atoms with Gasteiger partial charge in [0.25, 0.3) is 11.4 Å². The van der Waals surface area contributed by atoms with Crippen molar-refractivity contribution in [2.45, 2.75) is 24.0 Å². The molecule has 0 atom stereocenters. The average Bonchev–Trinajstić information content (AvgIpc) is 3.09. The number of aromatic nitrogens is 4. The minimum atomic E-state index is -0.333. The normalized spacial score (nSPS) is 13.8. The quantitative estimate of drug-likeness (QED) is 0.524. The molecule has 0 bridgehead atoms. The highest BCUT2D eigenvalue weighted by molar-refractivity contribution is 7.99. The number of nitrogens with zero attached hydrogens (tertiary/aromatic N) is 4. The van der Waals surface area contributed by atoms with Gasteiger partial charge in [0.15, 0.2) is 10.9 Å². The molecule has 25 heavy (non-hydrogen) atoms. The Labute approximate surface area is 145 Å². The fourth-order valence-corrected chi connectivity index (χ4v) is 3.04. The van der Waals surface area contributed by atoms with E-state index in [1.165, 1.54) is 24.1 Å². The lowest BCUT2D eigenvalue weighted by molar-refractivity contribution is -0.113. The first kappa shape index (κ1) is 15.6. The van der Waals surface area contributed by atoms with Gasteiger partial charge in [0.05, 0.1) is 12.0 Å². The van der Waals surface area contributed by atoms with Gasteiger partial charge < -0.3 is 13.4 Å². The molecule has 4 rings (SSSR count). The van der Waals surface area contributed by atoms with Crippen molar-refractivity contribution in [3.05, 3.63) is 41.0 Å². The van der Waals surface area contributed by atoms with Gasteiger partial charge in [0, 0.05) is 18.3 Å². The Hall–Kier alpha value is -2.88. The molecule has 3 heterocycles. The Morgan fingerprint density at radius 1 is 1.36 bits per heavy atom. The van der Waals surface area contributed by atoms with Crippen LogP contribution in [-0.2, 0) is 4.79 Å². The summed E-state index contributed by atoms with van der Waals surface area (Å²) >= 11 is 1.19. The van der Waals surface area contributed by atoms with Crippen LogP contribution in [0.15, 0.2) is 49.4 Å². The standard InChI is InChI=1S/C15H13N5O4S/c21-11-5-6-20(9-3-4-9)15(17-11)25-8-12(22)16-14-19-18-13(24-14)10-2-1-7-23-10/h1-2,5-7,9H,3-4,8H2,(H,16,19,22). The lowest BCUT2D eigenvalue weighted by Crippen LogP contribution is -2.17. The van der Waals surface area contributed by atoms with Gasteiger partial charge in [-0.15, -0.1) is 5.10 Å². The van der Waals surface area contributed by atoms with Crippen LogP contribution in [0.5, 0.6) is 0 Å². The number of nitrogens with one attached hydrogen (secondary N) is 1. The number of carbonyl (C=O) groups excluding carboxylic acids is 1. The van der Waals surface area contributed by atoms with Crippen LogP contribution in [0.4, 0.5) is 6.01 Å². The first-order chi connectivity index (χ1) is 12.2. The van der Waals surface area contributed by atoms with E-state index in [0.29, 0.717) is 17.0 Å². The molecule has 0 saturated heterocycles. The highest BCUT2D eigenvalue weighted by Crippen LogP contribution is 2.36. The summed E-state index contributed by atoms with van der Waals surface area (Å²) in [6.07, 6.45) is 5.32. The summed E-state index contributed by atoms with van der Waals surface area (Å²) in [7, 11) is 0. The minimum absolute atomic E-state index is 0.0161. The van der Waals surface area contributed by atoms with Gasteiger partial charge in [-0.25, -0.2) is 0 Å². The van der Waals surface area contributed by atoms with Gasteiger partial charge in [0.2, 0.25) is 5.91 Å². The number of amides is 1. The van der Waals surface area contributed by atoms with Crippen molar-refractivity contribution >= 4 is 23.7 Å². The lowest BCUT2D eigenvalue weighted by Gasteiger charge is -2.09. The molecule has 3 aromatic rings. The van der Waals surface area contributed by atoms with E-state index in [1.54, 1.807) is 18.3 Å². The molecule has 1 saturated carbocycles. The van der Waals surface area contributed by atoms with Crippen molar-refractivity contribution in [2.24, 2.45) is 0 Å². The second-order valence-corrected chi connectivity index (χ2v) is 6.36. The van der Waals surface area contributed by atoms with Crippen molar-refractivity contribution in [3.8, 4) is 11.7 Å². The summed E-state index contributed by atoms with van der Waals surface area (Å²) in [5.74, 6) is 0.339. The molecule has 0 unspecified atom stereocenters. The number of carbonyl (C=O) groups is 1. The van der Waals surface area contributed by atoms with E-state index >= 15 is 0 Å². The van der Waals surface area contributed by atoms with Crippen molar-refractivity contribution in [3.63, 3.8) is 0 Å². The maximum Gasteiger partial charge on any atom is 0.322 e. The monoisotopic (exact) mass is 359 g/mol. The third kappa shape index (κ3) is 3.63. The Morgan fingerprint density at radius 3 is 3.00 bits per heavy atom. The predicted octanol–water partition coefficient (Wildman–Crippen LogP) is 1.95. The molecule has 3 aromatic heterocycles. The number of hydrogen-bond donors (Lipinski definition) is 1. The number of rotatable bonds is 6. The smallest absolute Gasteiger partial charge is 0.322 e. The van der Waals surface area contributed by atoms with Gasteiger partial charge in [-0.3, -0.25) is 14.9 Å². The Bertz CT molecular complexity index is 945. The number of anilines is 1. The number of thioether (sulfide) groups is 1. The molecule has 1 aliphatic rings. The fourth-order valence-electron chi connectivity index (χ4n) is 2.19. The Kier molecular flexibility index (Phi) is 4.10. The summed E-state index contributed by atoms with van der Waals surface area (Å²) in [5.41, 5.74) is -0.320. The molecule has 10 heteroatoms. The highest BCUT2D eigenvalue weighted by atomic mass is 32.2. The zero-order valence-corrected chi connectivity index (χ0v) is 13.7. The molecule has 9 nitrogen and oxygen atoms in total. The predicted molar refractivity (Wildman–Crippen MR) is 88.1 cm³/mol. The second kappa shape index (κ2) is 6.55. The Morgan fingerprint density at radius 2 is 2.24 bits per heavy atom. The average molecular weight is 359 g/mol. The van der Waals surface area contributed by atoms with Crippen LogP contribution in [0.1, 0.15) is 18.9 Å². The maximum atomic E-state index is 12.1. The van der Waals surface area contributed by atoms with Crippen LogP contribution >= 0.6 is 11.8 Å². The second-order valence-electron chi connectivity index (χ2n) is 5.41. The third-order valence-corrected chi connectivity index (χ3v) is 4.45. The van der Waals surface area contributed by atoms with E-state index in [0.717, 1.165) is 12.8 Å². The molecule has 0 aliphatic heterocycles. The molecular formula is C15H13N5O4S. The fraction of sp³-hybridized carbons (Fsp3) is 0.267. The third-order valence-electron chi connectivity index (χ3n) is 3.48. The van der Waals surface area contributed by atoms with E-state index in [4.69, 9.17) is 8.83 Å². The molecule has 1 aliphatic carbocycles. The van der Waals surface area contributed by atoms with Gasteiger partial charge in [0.1, 0.15) is 0 Å². The van der Waals surface area contributed by atoms with Crippen molar-refractivity contribution in [1.82, 2.24) is 19.7 Å². The van der Waals surface area contributed by atoms with Gasteiger partial charge in [-0.05, 0) is 25.0 Å². The summed E-state index contributed by atoms with van der Waals surface area (Å²) < 4.78 is 12.4. The van der Waals surface area contributed by atoms with Crippen molar-refractivity contribution < 1.29 is 13.6 Å². The van der Waals surface area contributed by atoms with E-state index in [1.807, 2.05) is 4.57 Å². The van der Waals surface area contributed by atoms with E-state index < -0.39 is 0 Å². The molecular weight excluding hydrogens is 346 g/mol. The van der Waals surface area contributed by atoms with Crippen LogP contribution < -0.4 is 10.9 Å². The SMILES string of the molecule is O=C(CSc1nc(=O)ccn1C1CC1)Nc1nnc(-c2ccco2)o1. The van der Waals surface area contributed by atoms with Crippen LogP contribution in [0.2, 0.25) is 0 Å². The maximum absolute atomic E-state index is 12.1. The first-order valence-corrected chi connectivity index (χ1v) is 8.57. The lowest BCUT2D eigenvalue weighted by atomic mass is 10.5. The van der Waals surface area contributed by atoms with Crippen LogP contribution in [0, 0.1) is 0 Å². The molecule has 1 amide bonds. The zero-order chi connectivity index (χ0) is 17.2. The molecule has 1 N–H and O–H groups in total. The summed E-state index contributed by atoms with van der Waals surface area (Å²) in [4.78, 5) is 27.5. The number of hydrogen-bond acceptors (Lipinski definition) is 8.